The highest BCUT2D eigenvalue weighted by Gasteiger charge is 2.27. The molecule has 0 aromatic heterocycles. The zero-order chi connectivity index (χ0) is 35.2. The molecule has 4 atom stereocenters. The van der Waals surface area contributed by atoms with E-state index in [9.17, 15) is 24.2 Å². The van der Waals surface area contributed by atoms with E-state index in [1.807, 2.05) is 0 Å². The van der Waals surface area contributed by atoms with Crippen LogP contribution in [0, 0.1) is 11.8 Å². The second kappa shape index (κ2) is 31.0. The van der Waals surface area contributed by atoms with Crippen molar-refractivity contribution in [1.82, 2.24) is 0 Å². The normalized spacial score (nSPS) is 14.9. The first kappa shape index (κ1) is 46.0. The van der Waals surface area contributed by atoms with Crippen LogP contribution in [0.2, 0.25) is 0 Å². The molecule has 0 rings (SSSR count). The first-order valence-corrected chi connectivity index (χ1v) is 20.2. The monoisotopic (exact) mass is 694 g/mol. The van der Waals surface area contributed by atoms with Crippen molar-refractivity contribution in [2.24, 2.45) is 11.8 Å². The number of aliphatic hydroxyl groups excluding tert-OH is 2. The van der Waals surface area contributed by atoms with Gasteiger partial charge in [-0.15, -0.1) is 0 Å². The zero-order valence-electron chi connectivity index (χ0n) is 30.3. The van der Waals surface area contributed by atoms with E-state index >= 15 is 0 Å². The number of hydrogen-bond donors (Lipinski definition) is 3. The summed E-state index contributed by atoms with van der Waals surface area (Å²) in [6.45, 7) is 6.98. The summed E-state index contributed by atoms with van der Waals surface area (Å²) in [4.78, 5) is 34.8. The lowest BCUT2D eigenvalue weighted by atomic mass is 9.99. The lowest BCUT2D eigenvalue weighted by Gasteiger charge is -2.20. The average molecular weight is 695 g/mol. The molecule has 0 fully saturated rings. The predicted octanol–water partition coefficient (Wildman–Crippen LogP) is 8.82. The van der Waals surface area contributed by atoms with Gasteiger partial charge in [-0.1, -0.05) is 143 Å². The van der Waals surface area contributed by atoms with E-state index < -0.39 is 51.8 Å². The van der Waals surface area contributed by atoms with Gasteiger partial charge in [0.15, 0.2) is 6.10 Å². The van der Waals surface area contributed by atoms with Gasteiger partial charge in [0.25, 0.3) is 0 Å². The minimum Gasteiger partial charge on any atom is -0.462 e. The summed E-state index contributed by atoms with van der Waals surface area (Å²) in [6.07, 6.45) is 20.9. The molecule has 0 aliphatic rings. The van der Waals surface area contributed by atoms with Crippen molar-refractivity contribution in [2.45, 2.75) is 181 Å². The average Bonchev–Trinajstić information content (AvgIpc) is 3.04. The zero-order valence-corrected chi connectivity index (χ0v) is 31.2. The molecule has 11 heteroatoms. The Morgan fingerprint density at radius 1 is 0.638 bits per heavy atom. The Bertz CT molecular complexity index is 794. The summed E-state index contributed by atoms with van der Waals surface area (Å²) in [7, 11) is -4.60. The third-order valence-corrected chi connectivity index (χ3v) is 9.43. The standard InChI is InChI=1S/C36H71O10P/c1-5-32(4)24-20-16-12-9-10-13-17-21-25-35(39)43-29-34(30-45-47(41,42)44-28-33(38)27-37)46-36(40)26-22-18-14-8-6-7-11-15-19-23-31(2)3/h31-34,37-38H,5-30H2,1-4H3,(H,41,42)/t32-,33?,34-/m1/s1. The van der Waals surface area contributed by atoms with Crippen LogP contribution >= 0.6 is 7.82 Å². The number of carbonyl (C=O) groups is 2. The Kier molecular flexibility index (Phi) is 30.3. The summed E-state index contributed by atoms with van der Waals surface area (Å²) in [5.74, 6) is 0.668. The van der Waals surface area contributed by atoms with E-state index in [1.54, 1.807) is 0 Å². The van der Waals surface area contributed by atoms with E-state index in [4.69, 9.17) is 19.1 Å². The van der Waals surface area contributed by atoms with Gasteiger partial charge < -0.3 is 24.6 Å². The van der Waals surface area contributed by atoms with E-state index in [0.717, 1.165) is 50.4 Å². The molecule has 280 valence electrons. The molecule has 0 aliphatic heterocycles. The molecule has 0 bridgehead atoms. The summed E-state index contributed by atoms with van der Waals surface area (Å²) in [5, 5.41) is 18.2. The van der Waals surface area contributed by atoms with Crippen LogP contribution in [-0.2, 0) is 32.7 Å². The topological polar surface area (TPSA) is 149 Å². The lowest BCUT2D eigenvalue weighted by molar-refractivity contribution is -0.161. The number of phosphoric acid groups is 1. The molecule has 0 radical (unpaired) electrons. The molecule has 0 aromatic carbocycles. The maximum atomic E-state index is 12.5. The number of ether oxygens (including phenoxy) is 2. The first-order valence-electron chi connectivity index (χ1n) is 18.7. The van der Waals surface area contributed by atoms with Gasteiger partial charge in [0.1, 0.15) is 12.7 Å². The highest BCUT2D eigenvalue weighted by Crippen LogP contribution is 2.43. The minimum atomic E-state index is -4.60. The Labute approximate surface area is 286 Å². The number of unbranched alkanes of at least 4 members (excludes halogenated alkanes) is 15. The number of carbonyl (C=O) groups excluding carboxylic acids is 2. The van der Waals surface area contributed by atoms with Crippen molar-refractivity contribution in [2.75, 3.05) is 26.4 Å². The lowest BCUT2D eigenvalue weighted by Crippen LogP contribution is -2.29. The number of rotatable bonds is 34. The van der Waals surface area contributed by atoms with Gasteiger partial charge >= 0.3 is 19.8 Å². The molecule has 0 saturated carbocycles. The maximum Gasteiger partial charge on any atom is 0.472 e. The van der Waals surface area contributed by atoms with Crippen LogP contribution in [0.4, 0.5) is 0 Å². The molecule has 0 spiro atoms. The summed E-state index contributed by atoms with van der Waals surface area (Å²) < 4.78 is 32.5. The molecular weight excluding hydrogens is 623 g/mol. The highest BCUT2D eigenvalue weighted by molar-refractivity contribution is 7.47. The van der Waals surface area contributed by atoms with Crippen LogP contribution in [0.3, 0.4) is 0 Å². The van der Waals surface area contributed by atoms with Crippen molar-refractivity contribution < 1.29 is 47.8 Å². The molecular formula is C36H71O10P. The molecule has 10 nitrogen and oxygen atoms in total. The SMILES string of the molecule is CC[C@@H](C)CCCCCCCCCCC(=O)OC[C@H](COP(=O)(O)OCC(O)CO)OC(=O)CCCCCCCCCCCC(C)C. The molecule has 0 aromatic rings. The van der Waals surface area contributed by atoms with Gasteiger partial charge in [0.05, 0.1) is 19.8 Å². The highest BCUT2D eigenvalue weighted by atomic mass is 31.2. The van der Waals surface area contributed by atoms with Gasteiger partial charge in [-0.2, -0.15) is 0 Å². The second-order valence-corrected chi connectivity index (χ2v) is 15.1. The number of aliphatic hydroxyl groups is 2. The Hall–Kier alpha value is -1.03. The van der Waals surface area contributed by atoms with Gasteiger partial charge in [-0.25, -0.2) is 4.57 Å². The predicted molar refractivity (Wildman–Crippen MR) is 187 cm³/mol. The van der Waals surface area contributed by atoms with Crippen LogP contribution in [0.15, 0.2) is 0 Å². The Morgan fingerprint density at radius 3 is 1.57 bits per heavy atom. The van der Waals surface area contributed by atoms with Crippen molar-refractivity contribution in [1.29, 1.82) is 0 Å². The quantitative estimate of drug-likeness (QED) is 0.0339. The largest absolute Gasteiger partial charge is 0.472 e. The Balaban J connectivity index is 4.39. The maximum absolute atomic E-state index is 12.5. The molecule has 0 aliphatic carbocycles. The van der Waals surface area contributed by atoms with Crippen LogP contribution < -0.4 is 0 Å². The van der Waals surface area contributed by atoms with Crippen LogP contribution in [0.1, 0.15) is 169 Å². The van der Waals surface area contributed by atoms with Gasteiger partial charge in [0.2, 0.25) is 0 Å². The van der Waals surface area contributed by atoms with Crippen molar-refractivity contribution in [3.63, 3.8) is 0 Å². The minimum absolute atomic E-state index is 0.188. The fourth-order valence-corrected chi connectivity index (χ4v) is 5.94. The molecule has 2 unspecified atom stereocenters. The molecule has 0 heterocycles. The van der Waals surface area contributed by atoms with Crippen molar-refractivity contribution in [3.8, 4) is 0 Å². The fourth-order valence-electron chi connectivity index (χ4n) is 5.15. The number of hydrogen-bond acceptors (Lipinski definition) is 9. The van der Waals surface area contributed by atoms with E-state index in [0.29, 0.717) is 12.8 Å². The third kappa shape index (κ3) is 32.0. The van der Waals surface area contributed by atoms with Gasteiger partial charge in [-0.05, 0) is 24.7 Å². The van der Waals surface area contributed by atoms with Crippen LogP contribution in [0.5, 0.6) is 0 Å². The number of esters is 2. The smallest absolute Gasteiger partial charge is 0.462 e. The van der Waals surface area contributed by atoms with Gasteiger partial charge in [0, 0.05) is 12.8 Å². The van der Waals surface area contributed by atoms with Gasteiger partial charge in [-0.3, -0.25) is 18.6 Å². The van der Waals surface area contributed by atoms with E-state index in [2.05, 4.69) is 32.2 Å². The molecule has 3 N–H and O–H groups in total. The Morgan fingerprint density at radius 2 is 1.09 bits per heavy atom. The number of phosphoric ester groups is 1. The summed E-state index contributed by atoms with van der Waals surface area (Å²) in [5.41, 5.74) is 0. The van der Waals surface area contributed by atoms with E-state index in [-0.39, 0.29) is 19.4 Å². The van der Waals surface area contributed by atoms with Crippen molar-refractivity contribution in [3.05, 3.63) is 0 Å². The molecule has 0 amide bonds. The van der Waals surface area contributed by atoms with Crippen molar-refractivity contribution >= 4 is 19.8 Å². The second-order valence-electron chi connectivity index (χ2n) is 13.7. The van der Waals surface area contributed by atoms with Crippen LogP contribution in [-0.4, -0.2) is 65.7 Å². The third-order valence-electron chi connectivity index (χ3n) is 8.48. The van der Waals surface area contributed by atoms with Crippen LogP contribution in [0.25, 0.3) is 0 Å². The summed E-state index contributed by atoms with van der Waals surface area (Å²) in [6, 6.07) is 0. The summed E-state index contributed by atoms with van der Waals surface area (Å²) >= 11 is 0. The first-order chi connectivity index (χ1) is 22.5. The fraction of sp³-hybridized carbons (Fsp3) is 0.944. The molecule has 0 saturated heterocycles. The van der Waals surface area contributed by atoms with E-state index in [1.165, 1.54) is 77.0 Å². The molecule has 47 heavy (non-hydrogen) atoms.